The van der Waals surface area contributed by atoms with Crippen LogP contribution in [-0.2, 0) is 15.9 Å². The molecular formula is C13H20BrClN2O3S. The fourth-order valence-corrected chi connectivity index (χ4v) is 5.33. The molecule has 1 aromatic heterocycles. The highest BCUT2D eigenvalue weighted by Gasteiger charge is 2.36. The van der Waals surface area contributed by atoms with Gasteiger partial charge in [-0.05, 0) is 35.4 Å². The first-order valence-corrected chi connectivity index (χ1v) is 9.79. The van der Waals surface area contributed by atoms with Crippen LogP contribution in [-0.4, -0.2) is 49.8 Å². The zero-order valence-electron chi connectivity index (χ0n) is 12.2. The largest absolute Gasteiger partial charge is 0.452 e. The van der Waals surface area contributed by atoms with E-state index in [0.29, 0.717) is 18.8 Å². The lowest BCUT2D eigenvalue weighted by molar-refractivity contribution is 0.224. The number of sulfonamides is 1. The Kier molecular flexibility index (Phi) is 5.76. The zero-order valence-corrected chi connectivity index (χ0v) is 15.3. The van der Waals surface area contributed by atoms with Crippen LogP contribution in [0.2, 0.25) is 0 Å². The summed E-state index contributed by atoms with van der Waals surface area (Å²) in [5, 5.41) is 0. The van der Waals surface area contributed by atoms with Gasteiger partial charge in [-0.1, -0.05) is 13.8 Å². The van der Waals surface area contributed by atoms with Crippen LogP contribution in [0.5, 0.6) is 0 Å². The van der Waals surface area contributed by atoms with Gasteiger partial charge < -0.3 is 4.42 Å². The van der Waals surface area contributed by atoms with Crippen molar-refractivity contribution < 1.29 is 12.8 Å². The first kappa shape index (κ1) is 17.3. The molecule has 1 atom stereocenters. The van der Waals surface area contributed by atoms with Gasteiger partial charge in [-0.2, -0.15) is 4.31 Å². The van der Waals surface area contributed by atoms with Crippen LogP contribution in [0, 0.1) is 0 Å². The number of nitrogens with zero attached hydrogens (tertiary/aromatic N) is 2. The van der Waals surface area contributed by atoms with E-state index in [-0.39, 0.29) is 21.5 Å². The van der Waals surface area contributed by atoms with Crippen molar-refractivity contribution in [3.8, 4) is 0 Å². The molecule has 0 radical (unpaired) electrons. The highest BCUT2D eigenvalue weighted by molar-refractivity contribution is 9.10. The molecule has 2 rings (SSSR count). The average Bonchev–Trinajstić information content (AvgIpc) is 3.07. The van der Waals surface area contributed by atoms with Crippen molar-refractivity contribution >= 4 is 37.6 Å². The minimum absolute atomic E-state index is 0.149. The van der Waals surface area contributed by atoms with Gasteiger partial charge in [-0.25, -0.2) is 8.42 Å². The molecule has 120 valence electrons. The second kappa shape index (κ2) is 7.00. The molecule has 0 spiro atoms. The van der Waals surface area contributed by atoms with Crippen LogP contribution < -0.4 is 0 Å². The molecular weight excluding hydrogens is 380 g/mol. The number of alkyl halides is 1. The Morgan fingerprint density at radius 2 is 2.14 bits per heavy atom. The van der Waals surface area contributed by atoms with Crippen LogP contribution in [0.1, 0.15) is 26.0 Å². The third kappa shape index (κ3) is 3.47. The minimum atomic E-state index is -3.53. The molecule has 5 nitrogen and oxygen atoms in total. The van der Waals surface area contributed by atoms with Crippen LogP contribution in [0.4, 0.5) is 0 Å². The summed E-state index contributed by atoms with van der Waals surface area (Å²) in [5.74, 6) is 0.595. The van der Waals surface area contributed by atoms with Crippen LogP contribution in [0.3, 0.4) is 0 Å². The van der Waals surface area contributed by atoms with Gasteiger partial charge >= 0.3 is 0 Å². The van der Waals surface area contributed by atoms with E-state index >= 15 is 0 Å². The maximum atomic E-state index is 12.7. The molecule has 1 unspecified atom stereocenters. The Bertz CT molecular complexity index is 586. The summed E-state index contributed by atoms with van der Waals surface area (Å²) in [5.41, 5.74) is 0. The molecule has 1 aliphatic rings. The van der Waals surface area contributed by atoms with Crippen molar-refractivity contribution in [3.63, 3.8) is 0 Å². The number of halogens is 2. The van der Waals surface area contributed by atoms with Crippen molar-refractivity contribution in [2.24, 2.45) is 0 Å². The minimum Gasteiger partial charge on any atom is -0.452 e. The number of likely N-dealkylation sites (N-methyl/N-ethyl adjacent to an activating group) is 1. The lowest BCUT2D eigenvalue weighted by atomic mass is 10.2. The summed E-state index contributed by atoms with van der Waals surface area (Å²) >= 11 is 8.87. The number of rotatable bonds is 6. The fraction of sp³-hybridized carbons (Fsp3) is 0.692. The highest BCUT2D eigenvalue weighted by atomic mass is 79.9. The van der Waals surface area contributed by atoms with Gasteiger partial charge in [-0.3, -0.25) is 4.90 Å². The summed E-state index contributed by atoms with van der Waals surface area (Å²) in [7, 11) is -3.53. The number of hydrogen-bond acceptors (Lipinski definition) is 4. The van der Waals surface area contributed by atoms with E-state index < -0.39 is 10.0 Å². The molecule has 0 saturated carbocycles. The van der Waals surface area contributed by atoms with E-state index in [9.17, 15) is 8.42 Å². The lowest BCUT2D eigenvalue weighted by Gasteiger charge is -2.25. The van der Waals surface area contributed by atoms with Crippen molar-refractivity contribution in [1.82, 2.24) is 9.21 Å². The molecule has 0 aromatic carbocycles. The standard InChI is InChI=1S/C13H20BrClN2O3S/c1-3-16(4-2)10-5-6-17(9-10)21(18,19)12-7-11(8-15)20-13(12)14/h7,10H,3-6,8-9H2,1-2H3. The smallest absolute Gasteiger partial charge is 0.247 e. The van der Waals surface area contributed by atoms with E-state index in [0.717, 1.165) is 19.5 Å². The van der Waals surface area contributed by atoms with E-state index in [1.54, 1.807) is 0 Å². The topological polar surface area (TPSA) is 53.8 Å². The summed E-state index contributed by atoms with van der Waals surface area (Å²) < 4.78 is 32.5. The predicted octanol–water partition coefficient (Wildman–Crippen LogP) is 2.89. The van der Waals surface area contributed by atoms with Gasteiger partial charge in [0, 0.05) is 25.2 Å². The number of hydrogen-bond donors (Lipinski definition) is 0. The Morgan fingerprint density at radius 1 is 1.48 bits per heavy atom. The quantitative estimate of drug-likeness (QED) is 0.690. The Morgan fingerprint density at radius 3 is 2.67 bits per heavy atom. The lowest BCUT2D eigenvalue weighted by Crippen LogP contribution is -2.38. The molecule has 8 heteroatoms. The molecule has 0 aliphatic carbocycles. The monoisotopic (exact) mass is 398 g/mol. The van der Waals surface area contributed by atoms with Gasteiger partial charge in [0.25, 0.3) is 0 Å². The van der Waals surface area contributed by atoms with Crippen molar-refractivity contribution in [1.29, 1.82) is 0 Å². The van der Waals surface area contributed by atoms with Crippen molar-refractivity contribution in [2.45, 2.75) is 37.1 Å². The molecule has 0 bridgehead atoms. The third-order valence-electron chi connectivity index (χ3n) is 3.91. The van der Waals surface area contributed by atoms with Gasteiger partial charge in [-0.15, -0.1) is 11.6 Å². The predicted molar refractivity (Wildman–Crippen MR) is 86.0 cm³/mol. The summed E-state index contributed by atoms with van der Waals surface area (Å²) in [6.07, 6.45) is 0.860. The first-order valence-electron chi connectivity index (χ1n) is 7.02. The van der Waals surface area contributed by atoms with Gasteiger partial charge in [0.15, 0.2) is 4.67 Å². The maximum Gasteiger partial charge on any atom is 0.247 e. The van der Waals surface area contributed by atoms with Crippen molar-refractivity contribution in [3.05, 3.63) is 16.5 Å². The SMILES string of the molecule is CCN(CC)C1CCN(S(=O)(=O)c2cc(CCl)oc2Br)C1. The molecule has 0 amide bonds. The fourth-order valence-electron chi connectivity index (χ4n) is 2.75. The average molecular weight is 400 g/mol. The third-order valence-corrected chi connectivity index (χ3v) is 6.90. The second-order valence-electron chi connectivity index (χ2n) is 5.01. The van der Waals surface area contributed by atoms with Crippen molar-refractivity contribution in [2.75, 3.05) is 26.2 Å². The van der Waals surface area contributed by atoms with E-state index in [1.165, 1.54) is 10.4 Å². The maximum absolute atomic E-state index is 12.7. The Hall–Kier alpha value is -0.0800. The van der Waals surface area contributed by atoms with Gasteiger partial charge in [0.2, 0.25) is 10.0 Å². The molecule has 1 saturated heterocycles. The second-order valence-corrected chi connectivity index (χ2v) is 7.90. The number of furan rings is 1. The normalized spacial score (nSPS) is 20.5. The molecule has 1 aliphatic heterocycles. The van der Waals surface area contributed by atoms with Crippen LogP contribution in [0.25, 0.3) is 0 Å². The van der Waals surface area contributed by atoms with E-state index in [4.69, 9.17) is 16.0 Å². The zero-order chi connectivity index (χ0) is 15.6. The summed E-state index contributed by atoms with van der Waals surface area (Å²) in [6.45, 7) is 7.12. The summed E-state index contributed by atoms with van der Waals surface area (Å²) in [6, 6.07) is 1.78. The summed E-state index contributed by atoms with van der Waals surface area (Å²) in [4.78, 5) is 2.46. The Labute approximate surface area is 139 Å². The molecule has 0 N–H and O–H groups in total. The van der Waals surface area contributed by atoms with Gasteiger partial charge in [0.1, 0.15) is 10.7 Å². The molecule has 21 heavy (non-hydrogen) atoms. The molecule has 1 aromatic rings. The molecule has 1 fully saturated rings. The van der Waals surface area contributed by atoms with Crippen LogP contribution in [0.15, 0.2) is 20.0 Å². The van der Waals surface area contributed by atoms with E-state index in [1.807, 2.05) is 0 Å². The molecule has 2 heterocycles. The van der Waals surface area contributed by atoms with Gasteiger partial charge in [0.05, 0.1) is 5.88 Å². The Balaban J connectivity index is 2.19. The van der Waals surface area contributed by atoms with E-state index in [2.05, 4.69) is 34.7 Å². The van der Waals surface area contributed by atoms with Crippen LogP contribution >= 0.6 is 27.5 Å². The first-order chi connectivity index (χ1) is 9.93. The highest BCUT2D eigenvalue weighted by Crippen LogP contribution is 2.31.